The van der Waals surface area contributed by atoms with Crippen molar-refractivity contribution in [1.82, 2.24) is 25.2 Å². The molecule has 27 heavy (non-hydrogen) atoms. The number of rotatable bonds is 7. The molecule has 0 saturated carbocycles. The third-order valence-electron chi connectivity index (χ3n) is 5.09. The lowest BCUT2D eigenvalue weighted by Gasteiger charge is -2.14. The number of nitrogens with one attached hydrogen (secondary N) is 1. The Kier molecular flexibility index (Phi) is 5.44. The Labute approximate surface area is 159 Å². The topological polar surface area (TPSA) is 63.1 Å². The highest BCUT2D eigenvalue weighted by Gasteiger charge is 2.12. The molecule has 0 radical (unpaired) electrons. The number of hydrogen-bond donors (Lipinski definition) is 1. The summed E-state index contributed by atoms with van der Waals surface area (Å²) in [6, 6.07) is 15.8. The summed E-state index contributed by atoms with van der Waals surface area (Å²) in [6.07, 6.45) is 3.59. The number of likely N-dealkylation sites (tertiary alicyclic amines) is 1. The van der Waals surface area contributed by atoms with Gasteiger partial charge in [-0.15, -0.1) is 5.10 Å². The van der Waals surface area contributed by atoms with E-state index in [1.165, 1.54) is 31.5 Å². The Balaban J connectivity index is 1.36. The number of carbonyl (C=O) groups is 1. The molecule has 6 nitrogen and oxygen atoms in total. The van der Waals surface area contributed by atoms with Crippen molar-refractivity contribution < 1.29 is 4.79 Å². The molecule has 0 atom stereocenters. The van der Waals surface area contributed by atoms with Crippen LogP contribution in [0.25, 0.3) is 11.0 Å². The summed E-state index contributed by atoms with van der Waals surface area (Å²) in [6.45, 7) is 4.83. The number of carbonyl (C=O) groups excluding carboxylic acids is 1. The van der Waals surface area contributed by atoms with Gasteiger partial charge < -0.3 is 10.2 Å². The molecule has 4 rings (SSSR count). The summed E-state index contributed by atoms with van der Waals surface area (Å²) in [5.74, 6) is -0.0454. The minimum atomic E-state index is -0.0454. The largest absolute Gasteiger partial charge is 0.352 e. The molecule has 0 spiro atoms. The fraction of sp³-hybridized carbons (Fsp3) is 0.381. The number of benzene rings is 2. The first-order valence-corrected chi connectivity index (χ1v) is 9.67. The van der Waals surface area contributed by atoms with Crippen molar-refractivity contribution in [3.8, 4) is 0 Å². The molecule has 0 aliphatic carbocycles. The Morgan fingerprint density at radius 2 is 1.89 bits per heavy atom. The fourth-order valence-electron chi connectivity index (χ4n) is 3.60. The van der Waals surface area contributed by atoms with E-state index >= 15 is 0 Å². The Morgan fingerprint density at radius 1 is 1.07 bits per heavy atom. The van der Waals surface area contributed by atoms with E-state index in [0.717, 1.165) is 24.0 Å². The SMILES string of the molecule is O=C(NCCCN1CCCC1)c1ccc2c(c1)nnn2Cc1ccccc1. The third-order valence-corrected chi connectivity index (χ3v) is 5.09. The van der Waals surface area contributed by atoms with Crippen molar-refractivity contribution in [3.05, 3.63) is 59.7 Å². The molecular weight excluding hydrogens is 338 g/mol. The van der Waals surface area contributed by atoms with Gasteiger partial charge in [0.2, 0.25) is 0 Å². The number of amides is 1. The molecule has 2 heterocycles. The average Bonchev–Trinajstić information content (AvgIpc) is 3.36. The lowest BCUT2D eigenvalue weighted by Crippen LogP contribution is -2.28. The number of nitrogens with zero attached hydrogens (tertiary/aromatic N) is 4. The molecule has 0 bridgehead atoms. The molecule has 140 valence electrons. The van der Waals surface area contributed by atoms with E-state index in [1.807, 2.05) is 41.1 Å². The van der Waals surface area contributed by atoms with E-state index in [4.69, 9.17) is 0 Å². The van der Waals surface area contributed by atoms with Crippen LogP contribution in [0.4, 0.5) is 0 Å². The van der Waals surface area contributed by atoms with Gasteiger partial charge >= 0.3 is 0 Å². The van der Waals surface area contributed by atoms with Gasteiger partial charge in [0, 0.05) is 12.1 Å². The van der Waals surface area contributed by atoms with Crippen LogP contribution in [-0.2, 0) is 6.54 Å². The summed E-state index contributed by atoms with van der Waals surface area (Å²) in [7, 11) is 0. The minimum Gasteiger partial charge on any atom is -0.352 e. The molecule has 1 fully saturated rings. The van der Waals surface area contributed by atoms with Gasteiger partial charge in [-0.2, -0.15) is 0 Å². The first kappa shape index (κ1) is 17.7. The second-order valence-corrected chi connectivity index (χ2v) is 7.09. The van der Waals surface area contributed by atoms with Gasteiger partial charge in [-0.05, 0) is 62.7 Å². The van der Waals surface area contributed by atoms with E-state index in [2.05, 4.69) is 32.7 Å². The van der Waals surface area contributed by atoms with Crippen LogP contribution in [-0.4, -0.2) is 52.0 Å². The van der Waals surface area contributed by atoms with Crippen LogP contribution in [0.3, 0.4) is 0 Å². The van der Waals surface area contributed by atoms with Crippen molar-refractivity contribution in [2.45, 2.75) is 25.8 Å². The molecule has 1 aromatic heterocycles. The first-order chi connectivity index (χ1) is 13.3. The molecular formula is C21H25N5O. The van der Waals surface area contributed by atoms with Gasteiger partial charge in [-0.25, -0.2) is 4.68 Å². The van der Waals surface area contributed by atoms with Gasteiger partial charge in [-0.1, -0.05) is 35.5 Å². The van der Waals surface area contributed by atoms with Gasteiger partial charge in [0.15, 0.2) is 0 Å². The molecule has 1 amide bonds. The maximum atomic E-state index is 12.4. The Morgan fingerprint density at radius 3 is 2.70 bits per heavy atom. The quantitative estimate of drug-likeness (QED) is 0.656. The highest BCUT2D eigenvalue weighted by Crippen LogP contribution is 2.15. The lowest BCUT2D eigenvalue weighted by atomic mass is 10.1. The van der Waals surface area contributed by atoms with Crippen LogP contribution in [0.15, 0.2) is 48.5 Å². The molecule has 1 aliphatic rings. The van der Waals surface area contributed by atoms with Crippen LogP contribution < -0.4 is 5.32 Å². The van der Waals surface area contributed by atoms with Gasteiger partial charge in [0.1, 0.15) is 5.52 Å². The van der Waals surface area contributed by atoms with Crippen LogP contribution in [0.5, 0.6) is 0 Å². The minimum absolute atomic E-state index is 0.0454. The maximum absolute atomic E-state index is 12.4. The van der Waals surface area contributed by atoms with E-state index in [-0.39, 0.29) is 5.91 Å². The normalized spacial score (nSPS) is 14.7. The monoisotopic (exact) mass is 363 g/mol. The predicted octanol–water partition coefficient (Wildman–Crippen LogP) is 2.70. The molecule has 3 aromatic rings. The van der Waals surface area contributed by atoms with E-state index in [0.29, 0.717) is 18.7 Å². The van der Waals surface area contributed by atoms with Gasteiger partial charge in [-0.3, -0.25) is 4.79 Å². The second kappa shape index (κ2) is 8.31. The van der Waals surface area contributed by atoms with Gasteiger partial charge in [0.05, 0.1) is 12.1 Å². The van der Waals surface area contributed by atoms with E-state index < -0.39 is 0 Å². The summed E-state index contributed by atoms with van der Waals surface area (Å²) in [4.78, 5) is 14.9. The van der Waals surface area contributed by atoms with E-state index in [9.17, 15) is 4.79 Å². The standard InChI is InChI=1S/C21H25N5O/c27-21(22-11-6-14-25-12-4-5-13-25)18-9-10-20-19(15-18)23-24-26(20)16-17-7-2-1-3-8-17/h1-3,7-10,15H,4-6,11-14,16H2,(H,22,27). The zero-order chi connectivity index (χ0) is 18.5. The molecule has 1 aliphatic heterocycles. The van der Waals surface area contributed by atoms with Crippen LogP contribution in [0, 0.1) is 0 Å². The average molecular weight is 363 g/mol. The number of hydrogen-bond acceptors (Lipinski definition) is 4. The molecule has 0 unspecified atom stereocenters. The number of fused-ring (bicyclic) bond motifs is 1. The Bertz CT molecular complexity index is 899. The van der Waals surface area contributed by atoms with Crippen LogP contribution in [0.1, 0.15) is 35.2 Å². The van der Waals surface area contributed by atoms with Crippen molar-refractivity contribution in [2.24, 2.45) is 0 Å². The smallest absolute Gasteiger partial charge is 0.251 e. The van der Waals surface area contributed by atoms with E-state index in [1.54, 1.807) is 0 Å². The molecule has 6 heteroatoms. The molecule has 2 aromatic carbocycles. The van der Waals surface area contributed by atoms with Crippen LogP contribution >= 0.6 is 0 Å². The summed E-state index contributed by atoms with van der Waals surface area (Å²) < 4.78 is 1.86. The molecule has 1 saturated heterocycles. The maximum Gasteiger partial charge on any atom is 0.251 e. The first-order valence-electron chi connectivity index (χ1n) is 9.67. The predicted molar refractivity (Wildman–Crippen MR) is 106 cm³/mol. The summed E-state index contributed by atoms with van der Waals surface area (Å²) in [5.41, 5.74) is 3.49. The lowest BCUT2D eigenvalue weighted by molar-refractivity contribution is 0.0952. The van der Waals surface area contributed by atoms with Crippen LogP contribution in [0.2, 0.25) is 0 Å². The van der Waals surface area contributed by atoms with Crippen molar-refractivity contribution in [1.29, 1.82) is 0 Å². The van der Waals surface area contributed by atoms with Gasteiger partial charge in [0.25, 0.3) is 5.91 Å². The van der Waals surface area contributed by atoms with Crippen molar-refractivity contribution >= 4 is 16.9 Å². The number of aromatic nitrogens is 3. The second-order valence-electron chi connectivity index (χ2n) is 7.09. The fourth-order valence-corrected chi connectivity index (χ4v) is 3.60. The summed E-state index contributed by atoms with van der Waals surface area (Å²) in [5, 5.41) is 11.5. The zero-order valence-electron chi connectivity index (χ0n) is 15.5. The summed E-state index contributed by atoms with van der Waals surface area (Å²) >= 11 is 0. The van der Waals surface area contributed by atoms with Crippen molar-refractivity contribution in [2.75, 3.05) is 26.2 Å². The highest BCUT2D eigenvalue weighted by molar-refractivity contribution is 5.97. The zero-order valence-corrected chi connectivity index (χ0v) is 15.5. The molecule has 1 N–H and O–H groups in total. The highest BCUT2D eigenvalue weighted by atomic mass is 16.1. The van der Waals surface area contributed by atoms with Crippen molar-refractivity contribution in [3.63, 3.8) is 0 Å². The Hall–Kier alpha value is -2.73. The third kappa shape index (κ3) is 4.34.